The fourth-order valence-corrected chi connectivity index (χ4v) is 3.01. The van der Waals surface area contributed by atoms with Crippen LogP contribution in [0.2, 0.25) is 0 Å². The Balaban J connectivity index is 2.43. The maximum Gasteiger partial charge on any atom is 0.267 e. The zero-order valence-electron chi connectivity index (χ0n) is 11.6. The van der Waals surface area contributed by atoms with Crippen LogP contribution < -0.4 is 0 Å². The summed E-state index contributed by atoms with van der Waals surface area (Å²) in [7, 11) is 0. The molecule has 2 rings (SSSR count). The Hall–Kier alpha value is -1.66. The Bertz CT molecular complexity index is 583. The molecule has 0 radical (unpaired) electrons. The minimum atomic E-state index is -0.397. The zero-order valence-corrected chi connectivity index (χ0v) is 12.5. The second-order valence-corrected chi connectivity index (χ2v) is 5.65. The van der Waals surface area contributed by atoms with E-state index in [9.17, 15) is 14.0 Å². The molecule has 0 spiro atoms. The number of aliphatic hydroxyl groups excluding tert-OH is 1. The minimum absolute atomic E-state index is 0.0832. The highest BCUT2D eigenvalue weighted by Crippen LogP contribution is 2.35. The lowest BCUT2D eigenvalue weighted by Crippen LogP contribution is -2.32. The van der Waals surface area contributed by atoms with Crippen LogP contribution in [0.3, 0.4) is 0 Å². The van der Waals surface area contributed by atoms with E-state index in [4.69, 9.17) is 5.11 Å². The van der Waals surface area contributed by atoms with E-state index in [1.165, 1.54) is 29.2 Å². The van der Waals surface area contributed by atoms with E-state index in [-0.39, 0.29) is 18.4 Å². The molecule has 1 aromatic carbocycles. The summed E-state index contributed by atoms with van der Waals surface area (Å²) in [4.78, 5) is 26.3. The van der Waals surface area contributed by atoms with Crippen molar-refractivity contribution in [2.75, 3.05) is 18.9 Å². The second kappa shape index (κ2) is 6.87. The monoisotopic (exact) mass is 309 g/mol. The molecule has 2 amide bonds. The zero-order chi connectivity index (χ0) is 15.4. The van der Waals surface area contributed by atoms with Gasteiger partial charge in [0.1, 0.15) is 5.82 Å². The van der Waals surface area contributed by atoms with E-state index in [1.807, 2.05) is 6.92 Å². The van der Waals surface area contributed by atoms with Crippen molar-refractivity contribution in [2.24, 2.45) is 0 Å². The average molecular weight is 309 g/mol. The minimum Gasteiger partial charge on any atom is -0.396 e. The lowest BCUT2D eigenvalue weighted by Gasteiger charge is -2.13. The number of thioether (sulfide) groups is 1. The normalized spacial score (nSPS) is 15.3. The number of aliphatic hydroxyl groups is 1. The fraction of sp³-hybridized carbons (Fsp3) is 0.333. The molecule has 0 aliphatic carbocycles. The summed E-state index contributed by atoms with van der Waals surface area (Å²) >= 11 is 1.16. The van der Waals surface area contributed by atoms with Crippen LogP contribution in [-0.2, 0) is 9.59 Å². The molecule has 1 aliphatic rings. The highest BCUT2D eigenvalue weighted by Gasteiger charge is 2.38. The topological polar surface area (TPSA) is 57.6 Å². The summed E-state index contributed by atoms with van der Waals surface area (Å²) in [6.07, 6.45) is 0.673. The molecule has 1 aromatic rings. The van der Waals surface area contributed by atoms with Gasteiger partial charge in [0.15, 0.2) is 0 Å². The summed E-state index contributed by atoms with van der Waals surface area (Å²) in [5.74, 6) is -0.751. The predicted molar refractivity (Wildman–Crippen MR) is 79.9 cm³/mol. The standard InChI is InChI=1S/C15H16FNO3S/c1-2-7-17-14(19)12(10-3-5-11(16)6-4-10)13(15(17)20)21-9-8-18/h3-6,18H,2,7-9H2,1H3. The fourth-order valence-electron chi connectivity index (χ4n) is 2.13. The number of amides is 2. The number of halogens is 1. The molecule has 0 atom stereocenters. The van der Waals surface area contributed by atoms with Crippen LogP contribution >= 0.6 is 11.8 Å². The number of hydrogen-bond donors (Lipinski definition) is 1. The Morgan fingerprint density at radius 1 is 1.19 bits per heavy atom. The first-order valence-electron chi connectivity index (χ1n) is 6.70. The third-order valence-corrected chi connectivity index (χ3v) is 4.10. The van der Waals surface area contributed by atoms with E-state index in [0.717, 1.165) is 11.8 Å². The van der Waals surface area contributed by atoms with Crippen LogP contribution in [0.15, 0.2) is 29.2 Å². The maximum atomic E-state index is 13.0. The predicted octanol–water partition coefficient (Wildman–Crippen LogP) is 2.04. The molecular formula is C15H16FNO3S. The molecule has 0 saturated heterocycles. The van der Waals surface area contributed by atoms with Crippen molar-refractivity contribution in [1.82, 2.24) is 4.90 Å². The highest BCUT2D eigenvalue weighted by atomic mass is 32.2. The SMILES string of the molecule is CCCN1C(=O)C(SCCO)=C(c2ccc(F)cc2)C1=O. The van der Waals surface area contributed by atoms with Crippen molar-refractivity contribution in [3.63, 3.8) is 0 Å². The third kappa shape index (κ3) is 3.16. The summed E-state index contributed by atoms with van der Waals surface area (Å²) in [5, 5.41) is 8.94. The number of carbonyl (C=O) groups excluding carboxylic acids is 2. The molecule has 21 heavy (non-hydrogen) atoms. The molecule has 0 bridgehead atoms. The number of nitrogens with zero attached hydrogens (tertiary/aromatic N) is 1. The number of imide groups is 1. The first kappa shape index (κ1) is 15.7. The van der Waals surface area contributed by atoms with Crippen molar-refractivity contribution >= 4 is 29.1 Å². The molecule has 112 valence electrons. The van der Waals surface area contributed by atoms with Gasteiger partial charge in [0.2, 0.25) is 0 Å². The second-order valence-electron chi connectivity index (χ2n) is 4.55. The first-order chi connectivity index (χ1) is 10.1. The van der Waals surface area contributed by atoms with Gasteiger partial charge >= 0.3 is 0 Å². The van der Waals surface area contributed by atoms with E-state index in [1.54, 1.807) is 0 Å². The van der Waals surface area contributed by atoms with Crippen molar-refractivity contribution in [2.45, 2.75) is 13.3 Å². The molecule has 4 nitrogen and oxygen atoms in total. The van der Waals surface area contributed by atoms with Crippen LogP contribution in [0.5, 0.6) is 0 Å². The first-order valence-corrected chi connectivity index (χ1v) is 7.68. The van der Waals surface area contributed by atoms with Crippen LogP contribution in [0.25, 0.3) is 5.57 Å². The highest BCUT2D eigenvalue weighted by molar-refractivity contribution is 8.04. The van der Waals surface area contributed by atoms with Gasteiger partial charge in [0.25, 0.3) is 11.8 Å². The molecule has 1 aliphatic heterocycles. The Morgan fingerprint density at radius 2 is 1.86 bits per heavy atom. The van der Waals surface area contributed by atoms with Gasteiger partial charge in [-0.15, -0.1) is 11.8 Å². The van der Waals surface area contributed by atoms with Crippen molar-refractivity contribution in [1.29, 1.82) is 0 Å². The summed E-state index contributed by atoms with van der Waals surface area (Å²) in [6.45, 7) is 2.16. The van der Waals surface area contributed by atoms with Crippen LogP contribution in [0.1, 0.15) is 18.9 Å². The lowest BCUT2D eigenvalue weighted by atomic mass is 10.1. The van der Waals surface area contributed by atoms with Gasteiger partial charge in [-0.25, -0.2) is 4.39 Å². The molecular weight excluding hydrogens is 293 g/mol. The van der Waals surface area contributed by atoms with Crippen LogP contribution in [0.4, 0.5) is 4.39 Å². The molecule has 0 aromatic heterocycles. The quantitative estimate of drug-likeness (QED) is 0.817. The molecule has 1 N–H and O–H groups in total. The van der Waals surface area contributed by atoms with Crippen molar-refractivity contribution < 1.29 is 19.1 Å². The van der Waals surface area contributed by atoms with Gasteiger partial charge in [-0.05, 0) is 24.1 Å². The maximum absolute atomic E-state index is 13.0. The lowest BCUT2D eigenvalue weighted by molar-refractivity contribution is -0.136. The van der Waals surface area contributed by atoms with Crippen LogP contribution in [-0.4, -0.2) is 40.7 Å². The van der Waals surface area contributed by atoms with Gasteiger partial charge in [-0.3, -0.25) is 14.5 Å². The Kier molecular flexibility index (Phi) is 5.14. The average Bonchev–Trinajstić information content (AvgIpc) is 2.71. The molecule has 0 unspecified atom stereocenters. The van der Waals surface area contributed by atoms with Crippen LogP contribution in [0, 0.1) is 5.82 Å². The largest absolute Gasteiger partial charge is 0.396 e. The van der Waals surface area contributed by atoms with Gasteiger partial charge < -0.3 is 5.11 Å². The summed E-state index contributed by atoms with van der Waals surface area (Å²) in [6, 6.07) is 5.50. The number of benzene rings is 1. The van der Waals surface area contributed by atoms with Gasteiger partial charge in [-0.1, -0.05) is 19.1 Å². The van der Waals surface area contributed by atoms with Gasteiger partial charge in [-0.2, -0.15) is 0 Å². The van der Waals surface area contributed by atoms with E-state index in [0.29, 0.717) is 34.8 Å². The van der Waals surface area contributed by atoms with Gasteiger partial charge in [0, 0.05) is 12.3 Å². The molecule has 6 heteroatoms. The number of hydrogen-bond acceptors (Lipinski definition) is 4. The summed E-state index contributed by atoms with van der Waals surface area (Å²) < 4.78 is 13.0. The van der Waals surface area contributed by atoms with Crippen molar-refractivity contribution in [3.05, 3.63) is 40.6 Å². The Morgan fingerprint density at radius 3 is 2.43 bits per heavy atom. The molecule has 0 saturated carbocycles. The summed E-state index contributed by atoms with van der Waals surface area (Å²) in [5.41, 5.74) is 0.820. The van der Waals surface area contributed by atoms with Gasteiger partial charge in [0.05, 0.1) is 17.1 Å². The molecule has 1 heterocycles. The van der Waals surface area contributed by atoms with E-state index < -0.39 is 5.82 Å². The third-order valence-electron chi connectivity index (χ3n) is 3.04. The van der Waals surface area contributed by atoms with Crippen molar-refractivity contribution in [3.8, 4) is 0 Å². The Labute approximate surface area is 126 Å². The number of rotatable bonds is 6. The van der Waals surface area contributed by atoms with E-state index >= 15 is 0 Å². The number of carbonyl (C=O) groups is 2. The smallest absolute Gasteiger partial charge is 0.267 e. The molecule has 0 fully saturated rings. The van der Waals surface area contributed by atoms with E-state index in [2.05, 4.69) is 0 Å².